The molecule has 0 aromatic heterocycles. The Labute approximate surface area is 181 Å². The molecule has 3 unspecified atom stereocenters. The molecule has 5 heteroatoms. The number of hydrogen-bond acceptors (Lipinski definition) is 3. The third-order valence-electron chi connectivity index (χ3n) is 6.04. The number of hydroxylamine groups is 1. The molecule has 2 aliphatic rings. The van der Waals surface area contributed by atoms with Crippen molar-refractivity contribution < 1.29 is 9.63 Å². The van der Waals surface area contributed by atoms with Gasteiger partial charge in [0.05, 0.1) is 6.04 Å². The average Bonchev–Trinajstić information content (AvgIpc) is 3.19. The molecule has 3 atom stereocenters. The van der Waals surface area contributed by atoms with Crippen molar-refractivity contribution >= 4 is 17.5 Å². The fourth-order valence-electron chi connectivity index (χ4n) is 4.20. The van der Waals surface area contributed by atoms with E-state index in [9.17, 15) is 4.79 Å². The molecule has 1 fully saturated rings. The van der Waals surface area contributed by atoms with Gasteiger partial charge in [0, 0.05) is 18.0 Å². The van der Waals surface area contributed by atoms with Gasteiger partial charge in [-0.15, -0.1) is 0 Å². The van der Waals surface area contributed by atoms with Crippen LogP contribution in [0.4, 0.5) is 0 Å². The van der Waals surface area contributed by atoms with Crippen LogP contribution < -0.4 is 10.8 Å². The minimum absolute atomic E-state index is 0.0890. The van der Waals surface area contributed by atoms with Gasteiger partial charge in [-0.2, -0.15) is 5.48 Å². The van der Waals surface area contributed by atoms with Crippen LogP contribution in [0.2, 0.25) is 0 Å². The zero-order chi connectivity index (χ0) is 21.2. The predicted octanol–water partition coefficient (Wildman–Crippen LogP) is 5.63. The standard InChI is InChI=1S/C24H37ClN2O2/c1-5-21(25)12-6-17(2)14-19-8-10-20(11-9-19)15-22-16-23(29-27-22)18(3)7-13-24(28)26-4/h5-7,12-13,16-20,22,27H,8-11,14-15H2,1-4H3,(H,26,28)/b12-6-,13-7-,21-5+. The molecular formula is C24H37ClN2O2. The Kier molecular flexibility index (Phi) is 10.0. The second-order valence-corrected chi connectivity index (χ2v) is 8.96. The summed E-state index contributed by atoms with van der Waals surface area (Å²) in [5, 5.41) is 3.41. The van der Waals surface area contributed by atoms with Crippen molar-refractivity contribution in [3.63, 3.8) is 0 Å². The first-order valence-electron chi connectivity index (χ1n) is 10.9. The summed E-state index contributed by atoms with van der Waals surface area (Å²) in [6.45, 7) is 6.29. The van der Waals surface area contributed by atoms with Crippen LogP contribution in [-0.2, 0) is 9.63 Å². The molecule has 0 radical (unpaired) electrons. The Morgan fingerprint density at radius 1 is 1.24 bits per heavy atom. The lowest BCUT2D eigenvalue weighted by Gasteiger charge is -2.30. The summed E-state index contributed by atoms with van der Waals surface area (Å²) >= 11 is 6.05. The lowest BCUT2D eigenvalue weighted by Crippen LogP contribution is -2.26. The summed E-state index contributed by atoms with van der Waals surface area (Å²) in [4.78, 5) is 17.0. The number of amides is 1. The van der Waals surface area contributed by atoms with Gasteiger partial charge in [-0.1, -0.05) is 69.4 Å². The topological polar surface area (TPSA) is 50.4 Å². The highest BCUT2D eigenvalue weighted by atomic mass is 35.5. The highest BCUT2D eigenvalue weighted by molar-refractivity contribution is 6.31. The maximum absolute atomic E-state index is 11.3. The predicted molar refractivity (Wildman–Crippen MR) is 121 cm³/mol. The molecule has 0 spiro atoms. The first-order chi connectivity index (χ1) is 13.9. The van der Waals surface area contributed by atoms with E-state index in [1.54, 1.807) is 13.1 Å². The van der Waals surface area contributed by atoms with Gasteiger partial charge < -0.3 is 10.2 Å². The van der Waals surface area contributed by atoms with Crippen molar-refractivity contribution in [2.45, 2.75) is 65.3 Å². The van der Waals surface area contributed by atoms with Crippen molar-refractivity contribution in [2.75, 3.05) is 7.05 Å². The summed E-state index contributed by atoms with van der Waals surface area (Å²) in [6, 6.07) is 0.271. The van der Waals surface area contributed by atoms with E-state index in [0.717, 1.165) is 29.0 Å². The summed E-state index contributed by atoms with van der Waals surface area (Å²) in [6.07, 6.45) is 19.4. The molecule has 0 aromatic carbocycles. The van der Waals surface area contributed by atoms with E-state index in [1.807, 2.05) is 32.1 Å². The molecule has 0 saturated heterocycles. The number of nitrogens with one attached hydrogen (secondary N) is 2. The van der Waals surface area contributed by atoms with Crippen LogP contribution in [0.15, 0.2) is 47.2 Å². The van der Waals surface area contributed by atoms with Gasteiger partial charge in [0.15, 0.2) is 0 Å². The average molecular weight is 421 g/mol. The molecular weight excluding hydrogens is 384 g/mol. The van der Waals surface area contributed by atoms with E-state index in [-0.39, 0.29) is 17.9 Å². The normalized spacial score (nSPS) is 27.7. The Bertz CT molecular complexity index is 645. The van der Waals surface area contributed by atoms with E-state index < -0.39 is 0 Å². The van der Waals surface area contributed by atoms with Crippen molar-refractivity contribution in [1.82, 2.24) is 10.8 Å². The Morgan fingerprint density at radius 3 is 2.59 bits per heavy atom. The summed E-state index contributed by atoms with van der Waals surface area (Å²) in [7, 11) is 1.63. The quantitative estimate of drug-likeness (QED) is 0.375. The minimum atomic E-state index is -0.0912. The maximum Gasteiger partial charge on any atom is 0.243 e. The smallest absolute Gasteiger partial charge is 0.243 e. The molecule has 1 heterocycles. The highest BCUT2D eigenvalue weighted by Crippen LogP contribution is 2.36. The van der Waals surface area contributed by atoms with Gasteiger partial charge in [0.2, 0.25) is 5.91 Å². The second kappa shape index (κ2) is 12.2. The number of likely N-dealkylation sites (N-methyl/N-ethyl adjacent to an activating group) is 1. The van der Waals surface area contributed by atoms with E-state index >= 15 is 0 Å². The summed E-state index contributed by atoms with van der Waals surface area (Å²) < 4.78 is 0. The minimum Gasteiger partial charge on any atom is -0.412 e. The molecule has 1 aliphatic heterocycles. The van der Waals surface area contributed by atoms with Crippen LogP contribution in [0.1, 0.15) is 59.3 Å². The van der Waals surface area contributed by atoms with Gasteiger partial charge in [-0.3, -0.25) is 4.79 Å². The first-order valence-corrected chi connectivity index (χ1v) is 11.3. The Morgan fingerprint density at radius 2 is 1.93 bits per heavy atom. The zero-order valence-corrected chi connectivity index (χ0v) is 19.0. The van der Waals surface area contributed by atoms with Crippen molar-refractivity contribution in [2.24, 2.45) is 23.7 Å². The maximum atomic E-state index is 11.3. The third-order valence-corrected chi connectivity index (χ3v) is 6.39. The lowest BCUT2D eigenvalue weighted by atomic mass is 9.76. The number of hydrogen-bond donors (Lipinski definition) is 2. The molecule has 0 aromatic rings. The summed E-state index contributed by atoms with van der Waals surface area (Å²) in [5.41, 5.74) is 3.16. The number of carbonyl (C=O) groups excluding carboxylic acids is 1. The van der Waals surface area contributed by atoms with Crippen LogP contribution in [-0.4, -0.2) is 19.0 Å². The molecule has 4 nitrogen and oxygen atoms in total. The van der Waals surface area contributed by atoms with Crippen LogP contribution in [0, 0.1) is 23.7 Å². The molecule has 1 saturated carbocycles. The molecule has 162 valence electrons. The van der Waals surface area contributed by atoms with E-state index in [4.69, 9.17) is 16.4 Å². The fraction of sp³-hybridized carbons (Fsp3) is 0.625. The van der Waals surface area contributed by atoms with E-state index in [0.29, 0.717) is 5.92 Å². The van der Waals surface area contributed by atoms with Gasteiger partial charge in [0.1, 0.15) is 5.76 Å². The molecule has 2 N–H and O–H groups in total. The molecule has 2 rings (SSSR count). The zero-order valence-electron chi connectivity index (χ0n) is 18.3. The monoisotopic (exact) mass is 420 g/mol. The van der Waals surface area contributed by atoms with Gasteiger partial charge >= 0.3 is 0 Å². The number of allylic oxidation sites excluding steroid dienone is 5. The van der Waals surface area contributed by atoms with Gasteiger partial charge in [0.25, 0.3) is 0 Å². The Hall–Kier alpha value is -1.52. The van der Waals surface area contributed by atoms with Crippen molar-refractivity contribution in [1.29, 1.82) is 0 Å². The molecule has 0 bridgehead atoms. The van der Waals surface area contributed by atoms with Crippen LogP contribution in [0.25, 0.3) is 0 Å². The molecule has 1 amide bonds. The van der Waals surface area contributed by atoms with E-state index in [2.05, 4.69) is 29.9 Å². The largest absolute Gasteiger partial charge is 0.412 e. The number of rotatable bonds is 9. The number of carbonyl (C=O) groups is 1. The first kappa shape index (κ1) is 23.8. The third kappa shape index (κ3) is 8.39. The highest BCUT2D eigenvalue weighted by Gasteiger charge is 2.27. The van der Waals surface area contributed by atoms with Gasteiger partial charge in [-0.25, -0.2) is 0 Å². The summed E-state index contributed by atoms with van der Waals surface area (Å²) in [5.74, 6) is 3.05. The fourth-order valence-corrected chi connectivity index (χ4v) is 4.27. The molecule has 29 heavy (non-hydrogen) atoms. The van der Waals surface area contributed by atoms with E-state index in [1.165, 1.54) is 32.1 Å². The molecule has 1 aliphatic carbocycles. The Balaban J connectivity index is 1.73. The van der Waals surface area contributed by atoms with Crippen molar-refractivity contribution in [3.8, 4) is 0 Å². The SMILES string of the molecule is C/C=C(Cl)\C=C/C(C)CC1CCC(CC2C=C(C(C)/C=C\C(=O)NC)ON2)CC1. The lowest BCUT2D eigenvalue weighted by molar-refractivity contribution is -0.116. The van der Waals surface area contributed by atoms with Crippen LogP contribution >= 0.6 is 11.6 Å². The van der Waals surface area contributed by atoms with Crippen LogP contribution in [0.3, 0.4) is 0 Å². The van der Waals surface area contributed by atoms with Gasteiger partial charge in [-0.05, 0) is 55.7 Å². The van der Waals surface area contributed by atoms with Crippen molar-refractivity contribution in [3.05, 3.63) is 47.2 Å². The van der Waals surface area contributed by atoms with Crippen LogP contribution in [0.5, 0.6) is 0 Å². The second-order valence-electron chi connectivity index (χ2n) is 8.53. The number of halogens is 1.